The van der Waals surface area contributed by atoms with Crippen LogP contribution in [0.3, 0.4) is 0 Å². The zero-order chi connectivity index (χ0) is 22.1. The van der Waals surface area contributed by atoms with Crippen molar-refractivity contribution in [3.63, 3.8) is 0 Å². The van der Waals surface area contributed by atoms with Crippen LogP contribution in [-0.2, 0) is 24.4 Å². The van der Waals surface area contributed by atoms with Gasteiger partial charge in [-0.05, 0) is 30.2 Å². The van der Waals surface area contributed by atoms with Crippen molar-refractivity contribution in [2.24, 2.45) is 0 Å². The van der Waals surface area contributed by atoms with Gasteiger partial charge in [-0.3, -0.25) is 9.36 Å². The molecule has 1 N–H and O–H groups in total. The molecular formula is C23H26N4O3S. The van der Waals surface area contributed by atoms with Gasteiger partial charge < -0.3 is 14.8 Å². The van der Waals surface area contributed by atoms with Gasteiger partial charge in [0.15, 0.2) is 22.5 Å². The number of amides is 1. The van der Waals surface area contributed by atoms with Crippen molar-refractivity contribution in [1.82, 2.24) is 14.8 Å². The van der Waals surface area contributed by atoms with E-state index in [0.717, 1.165) is 17.7 Å². The van der Waals surface area contributed by atoms with E-state index in [2.05, 4.69) is 29.0 Å². The van der Waals surface area contributed by atoms with Crippen LogP contribution in [0.4, 0.5) is 5.69 Å². The molecule has 0 aliphatic carbocycles. The SMILES string of the molecule is C=CCn1c(COc2ccccc2OC)nnc1SCC(=O)Nc1ccccc1CC. The van der Waals surface area contributed by atoms with Crippen LogP contribution in [0.2, 0.25) is 0 Å². The number of rotatable bonds is 11. The standard InChI is InChI=1S/C23H26N4O3S/c1-4-14-27-21(15-30-20-13-9-8-12-19(20)29-3)25-26-23(27)31-16-22(28)24-18-11-7-6-10-17(18)5-2/h4,6-13H,1,5,14-16H2,2-3H3,(H,24,28). The summed E-state index contributed by atoms with van der Waals surface area (Å²) in [5.74, 6) is 2.05. The molecule has 31 heavy (non-hydrogen) atoms. The van der Waals surface area contributed by atoms with Gasteiger partial charge in [-0.15, -0.1) is 16.8 Å². The van der Waals surface area contributed by atoms with Crippen LogP contribution in [0.5, 0.6) is 11.5 Å². The third-order valence-corrected chi connectivity index (χ3v) is 5.50. The predicted molar refractivity (Wildman–Crippen MR) is 123 cm³/mol. The summed E-state index contributed by atoms with van der Waals surface area (Å²) in [6.07, 6.45) is 2.62. The number of hydrogen-bond donors (Lipinski definition) is 1. The number of ether oxygens (including phenoxy) is 2. The fourth-order valence-corrected chi connectivity index (χ4v) is 3.76. The van der Waals surface area contributed by atoms with Crippen LogP contribution in [0.25, 0.3) is 0 Å². The molecule has 0 radical (unpaired) electrons. The Morgan fingerprint density at radius 3 is 2.65 bits per heavy atom. The summed E-state index contributed by atoms with van der Waals surface area (Å²) in [7, 11) is 1.60. The maximum atomic E-state index is 12.5. The maximum absolute atomic E-state index is 12.5. The highest BCUT2D eigenvalue weighted by Gasteiger charge is 2.15. The van der Waals surface area contributed by atoms with Gasteiger partial charge in [0.05, 0.1) is 12.9 Å². The Bertz CT molecular complexity index is 1040. The van der Waals surface area contributed by atoms with E-state index >= 15 is 0 Å². The second-order valence-electron chi connectivity index (χ2n) is 6.59. The number of para-hydroxylation sites is 3. The van der Waals surface area contributed by atoms with Gasteiger partial charge in [0.25, 0.3) is 0 Å². The zero-order valence-electron chi connectivity index (χ0n) is 17.7. The van der Waals surface area contributed by atoms with Gasteiger partial charge in [-0.1, -0.05) is 55.1 Å². The lowest BCUT2D eigenvalue weighted by molar-refractivity contribution is -0.113. The minimum Gasteiger partial charge on any atom is -0.493 e. The fourth-order valence-electron chi connectivity index (χ4n) is 2.99. The van der Waals surface area contributed by atoms with Gasteiger partial charge >= 0.3 is 0 Å². The summed E-state index contributed by atoms with van der Waals surface area (Å²) in [6, 6.07) is 15.2. The molecule has 0 unspecified atom stereocenters. The molecular weight excluding hydrogens is 412 g/mol. The monoisotopic (exact) mass is 438 g/mol. The molecule has 0 atom stereocenters. The van der Waals surface area contributed by atoms with Crippen molar-refractivity contribution in [3.8, 4) is 11.5 Å². The zero-order valence-corrected chi connectivity index (χ0v) is 18.5. The Hall–Kier alpha value is -3.26. The molecule has 0 bridgehead atoms. The van der Waals surface area contributed by atoms with Gasteiger partial charge in [-0.25, -0.2) is 0 Å². The molecule has 1 aromatic heterocycles. The van der Waals surface area contributed by atoms with Gasteiger partial charge in [0, 0.05) is 12.2 Å². The highest BCUT2D eigenvalue weighted by molar-refractivity contribution is 7.99. The average Bonchev–Trinajstić information content (AvgIpc) is 3.18. The minimum absolute atomic E-state index is 0.0918. The van der Waals surface area contributed by atoms with Crippen molar-refractivity contribution in [1.29, 1.82) is 0 Å². The molecule has 0 spiro atoms. The number of allylic oxidation sites excluding steroid dienone is 1. The molecule has 8 heteroatoms. The smallest absolute Gasteiger partial charge is 0.234 e. The van der Waals surface area contributed by atoms with Crippen LogP contribution in [-0.4, -0.2) is 33.5 Å². The largest absolute Gasteiger partial charge is 0.493 e. The van der Waals surface area contributed by atoms with Crippen LogP contribution in [0, 0.1) is 0 Å². The molecule has 1 heterocycles. The van der Waals surface area contributed by atoms with Crippen LogP contribution < -0.4 is 14.8 Å². The molecule has 0 saturated heterocycles. The van der Waals surface area contributed by atoms with E-state index in [-0.39, 0.29) is 18.3 Å². The van der Waals surface area contributed by atoms with Crippen molar-refractivity contribution in [2.75, 3.05) is 18.2 Å². The Morgan fingerprint density at radius 2 is 1.90 bits per heavy atom. The molecule has 3 aromatic rings. The van der Waals surface area contributed by atoms with E-state index < -0.39 is 0 Å². The van der Waals surface area contributed by atoms with E-state index in [0.29, 0.717) is 29.0 Å². The maximum Gasteiger partial charge on any atom is 0.234 e. The van der Waals surface area contributed by atoms with Gasteiger partial charge in [0.2, 0.25) is 5.91 Å². The molecule has 162 valence electrons. The Balaban J connectivity index is 1.64. The highest BCUT2D eigenvalue weighted by atomic mass is 32.2. The van der Waals surface area contributed by atoms with Crippen LogP contribution in [0.1, 0.15) is 18.3 Å². The molecule has 0 aliphatic heterocycles. The number of carbonyl (C=O) groups is 1. The number of aryl methyl sites for hydroxylation is 1. The molecule has 0 saturated carbocycles. The van der Waals surface area contributed by atoms with Crippen LogP contribution >= 0.6 is 11.8 Å². The Morgan fingerprint density at radius 1 is 1.16 bits per heavy atom. The first kappa shape index (κ1) is 22.4. The van der Waals surface area contributed by atoms with E-state index in [4.69, 9.17) is 9.47 Å². The number of nitrogens with one attached hydrogen (secondary N) is 1. The van der Waals surface area contributed by atoms with Gasteiger partial charge in [0.1, 0.15) is 6.61 Å². The first-order chi connectivity index (χ1) is 15.2. The average molecular weight is 439 g/mol. The Labute approximate surface area is 186 Å². The van der Waals surface area contributed by atoms with E-state index in [1.165, 1.54) is 11.8 Å². The number of benzene rings is 2. The Kier molecular flexibility index (Phi) is 8.12. The minimum atomic E-state index is -0.0918. The molecule has 3 rings (SSSR count). The summed E-state index contributed by atoms with van der Waals surface area (Å²) in [4.78, 5) is 12.5. The van der Waals surface area contributed by atoms with Crippen molar-refractivity contribution in [3.05, 3.63) is 72.6 Å². The molecule has 1 amide bonds. The van der Waals surface area contributed by atoms with Crippen LogP contribution in [0.15, 0.2) is 66.3 Å². The topological polar surface area (TPSA) is 78.3 Å². The van der Waals surface area contributed by atoms with Crippen molar-refractivity contribution in [2.45, 2.75) is 31.7 Å². The van der Waals surface area contributed by atoms with Gasteiger partial charge in [-0.2, -0.15) is 0 Å². The number of thioether (sulfide) groups is 1. The molecule has 0 aliphatic rings. The summed E-state index contributed by atoms with van der Waals surface area (Å²) in [5, 5.41) is 12.1. The summed E-state index contributed by atoms with van der Waals surface area (Å²) >= 11 is 1.33. The van der Waals surface area contributed by atoms with E-state index in [1.54, 1.807) is 13.2 Å². The van der Waals surface area contributed by atoms with E-state index in [1.807, 2.05) is 53.1 Å². The number of methoxy groups -OCH3 is 1. The van der Waals surface area contributed by atoms with Crippen molar-refractivity contribution < 1.29 is 14.3 Å². The number of hydrogen-bond acceptors (Lipinski definition) is 6. The predicted octanol–water partition coefficient (Wildman–Crippen LogP) is 4.34. The molecule has 0 fully saturated rings. The third-order valence-electron chi connectivity index (χ3n) is 4.54. The molecule has 7 nitrogen and oxygen atoms in total. The quantitative estimate of drug-likeness (QED) is 0.354. The highest BCUT2D eigenvalue weighted by Crippen LogP contribution is 2.27. The van der Waals surface area contributed by atoms with E-state index in [9.17, 15) is 4.79 Å². The number of carbonyl (C=O) groups excluding carboxylic acids is 1. The van der Waals surface area contributed by atoms with Crippen molar-refractivity contribution >= 4 is 23.4 Å². The second kappa shape index (κ2) is 11.2. The lowest BCUT2D eigenvalue weighted by atomic mass is 10.1. The summed E-state index contributed by atoms with van der Waals surface area (Å²) < 4.78 is 13.1. The molecule has 2 aromatic carbocycles. The summed E-state index contributed by atoms with van der Waals surface area (Å²) in [5.41, 5.74) is 1.94. The first-order valence-electron chi connectivity index (χ1n) is 9.95. The lowest BCUT2D eigenvalue weighted by Gasteiger charge is -2.12. The number of aromatic nitrogens is 3. The lowest BCUT2D eigenvalue weighted by Crippen LogP contribution is -2.16. The second-order valence-corrected chi connectivity index (χ2v) is 7.53. The fraction of sp³-hybridized carbons (Fsp3) is 0.261. The first-order valence-corrected chi connectivity index (χ1v) is 10.9. The normalized spacial score (nSPS) is 10.5. The summed E-state index contributed by atoms with van der Waals surface area (Å²) in [6.45, 7) is 6.60. The number of nitrogens with zero attached hydrogens (tertiary/aromatic N) is 3. The third kappa shape index (κ3) is 5.88. The number of anilines is 1.